The standard InChI is InChI=1S/2C14H15NO4/c1-7(6-15-2)8-5-11(18)12-9(16)3-4-10(17)13(12)14(8)19;1-7(15-2)5-8-6-11(18)12-9(16)3-4-10(17)13(12)14(8)19/h3-5,7,15,18-19H,6H2,1-2H3;3-4,6-7,15,18-19H,5H2,1-2H3. The van der Waals surface area contributed by atoms with Crippen LogP contribution in [0.4, 0.5) is 0 Å². The monoisotopic (exact) mass is 522 g/mol. The van der Waals surface area contributed by atoms with Gasteiger partial charge in [-0.15, -0.1) is 0 Å². The van der Waals surface area contributed by atoms with Crippen molar-refractivity contribution in [3.05, 3.63) is 69.8 Å². The van der Waals surface area contributed by atoms with Gasteiger partial charge in [-0.05, 0) is 75.4 Å². The van der Waals surface area contributed by atoms with E-state index >= 15 is 0 Å². The highest BCUT2D eigenvalue weighted by Crippen LogP contribution is 2.39. The van der Waals surface area contributed by atoms with Crippen LogP contribution in [0.2, 0.25) is 0 Å². The van der Waals surface area contributed by atoms with Gasteiger partial charge < -0.3 is 31.1 Å². The summed E-state index contributed by atoms with van der Waals surface area (Å²) >= 11 is 0. The lowest BCUT2D eigenvalue weighted by Crippen LogP contribution is -2.24. The van der Waals surface area contributed by atoms with Crippen LogP contribution < -0.4 is 10.6 Å². The van der Waals surface area contributed by atoms with Gasteiger partial charge in [-0.25, -0.2) is 0 Å². The van der Waals surface area contributed by atoms with Crippen molar-refractivity contribution < 1.29 is 39.6 Å². The van der Waals surface area contributed by atoms with Crippen molar-refractivity contribution in [1.82, 2.24) is 10.6 Å². The molecule has 0 aromatic heterocycles. The number of hydrogen-bond acceptors (Lipinski definition) is 10. The lowest BCUT2D eigenvalue weighted by Gasteiger charge is -2.19. The molecule has 0 bridgehead atoms. The number of benzene rings is 2. The highest BCUT2D eigenvalue weighted by atomic mass is 16.3. The maximum Gasteiger partial charge on any atom is 0.190 e. The second kappa shape index (κ2) is 11.4. The fraction of sp³-hybridized carbons (Fsp3) is 0.286. The van der Waals surface area contributed by atoms with Crippen LogP contribution in [-0.2, 0) is 6.42 Å². The summed E-state index contributed by atoms with van der Waals surface area (Å²) in [5, 5.41) is 46.1. The summed E-state index contributed by atoms with van der Waals surface area (Å²) in [4.78, 5) is 47.0. The molecule has 2 atom stereocenters. The van der Waals surface area contributed by atoms with E-state index in [-0.39, 0.29) is 57.2 Å². The van der Waals surface area contributed by atoms with Crippen molar-refractivity contribution in [2.75, 3.05) is 20.6 Å². The van der Waals surface area contributed by atoms with Crippen LogP contribution in [0, 0.1) is 0 Å². The minimum Gasteiger partial charge on any atom is -0.507 e. The Morgan fingerprint density at radius 1 is 0.684 bits per heavy atom. The molecule has 0 saturated carbocycles. The first-order valence-electron chi connectivity index (χ1n) is 11.9. The van der Waals surface area contributed by atoms with E-state index in [4.69, 9.17) is 0 Å². The zero-order valence-electron chi connectivity index (χ0n) is 21.5. The van der Waals surface area contributed by atoms with Crippen molar-refractivity contribution in [3.63, 3.8) is 0 Å². The van der Waals surface area contributed by atoms with E-state index in [0.717, 1.165) is 24.3 Å². The molecule has 0 amide bonds. The molecule has 200 valence electrons. The molecule has 0 spiro atoms. The molecular weight excluding hydrogens is 492 g/mol. The van der Waals surface area contributed by atoms with Gasteiger partial charge in [0.05, 0.1) is 22.3 Å². The zero-order chi connectivity index (χ0) is 28.3. The molecule has 2 aliphatic carbocycles. The normalized spacial score (nSPS) is 15.5. The van der Waals surface area contributed by atoms with E-state index in [1.165, 1.54) is 12.1 Å². The third kappa shape index (κ3) is 5.36. The predicted molar refractivity (Wildman–Crippen MR) is 140 cm³/mol. The maximum atomic E-state index is 11.8. The molecule has 38 heavy (non-hydrogen) atoms. The van der Waals surface area contributed by atoms with Crippen molar-refractivity contribution >= 4 is 23.1 Å². The van der Waals surface area contributed by atoms with Gasteiger partial charge in [0.2, 0.25) is 0 Å². The van der Waals surface area contributed by atoms with Crippen LogP contribution in [-0.4, -0.2) is 70.2 Å². The number of phenolic OH excluding ortho intramolecular Hbond substituents is 4. The number of phenols is 4. The molecule has 0 heterocycles. The molecule has 4 rings (SSSR count). The van der Waals surface area contributed by atoms with Gasteiger partial charge >= 0.3 is 0 Å². The number of carbonyl (C=O) groups excluding carboxylic acids is 4. The number of ketones is 4. The van der Waals surface area contributed by atoms with Crippen molar-refractivity contribution in [2.45, 2.75) is 32.2 Å². The van der Waals surface area contributed by atoms with Crippen molar-refractivity contribution in [2.24, 2.45) is 0 Å². The number of carbonyl (C=O) groups is 4. The predicted octanol–water partition coefficient (Wildman–Crippen LogP) is 2.54. The number of rotatable bonds is 6. The summed E-state index contributed by atoms with van der Waals surface area (Å²) < 4.78 is 0. The Balaban J connectivity index is 0.000000211. The molecule has 6 N–H and O–H groups in total. The van der Waals surface area contributed by atoms with E-state index in [1.807, 2.05) is 13.8 Å². The summed E-state index contributed by atoms with van der Waals surface area (Å²) in [6.07, 6.45) is 4.85. The fourth-order valence-electron chi connectivity index (χ4n) is 4.39. The molecule has 10 nitrogen and oxygen atoms in total. The first kappa shape index (κ1) is 28.3. The van der Waals surface area contributed by atoms with Crippen LogP contribution in [0.1, 0.15) is 72.3 Å². The van der Waals surface area contributed by atoms with Gasteiger partial charge in [0.15, 0.2) is 23.1 Å². The summed E-state index contributed by atoms with van der Waals surface area (Å²) in [7, 11) is 3.54. The summed E-state index contributed by atoms with van der Waals surface area (Å²) in [5.74, 6) is -2.98. The number of likely N-dealkylation sites (N-methyl/N-ethyl adjacent to an activating group) is 2. The molecule has 0 saturated heterocycles. The fourth-order valence-corrected chi connectivity index (χ4v) is 4.39. The van der Waals surface area contributed by atoms with Crippen molar-refractivity contribution in [3.8, 4) is 23.0 Å². The zero-order valence-corrected chi connectivity index (χ0v) is 21.5. The summed E-state index contributed by atoms with van der Waals surface area (Å²) in [5.41, 5.74) is 0.434. The van der Waals surface area contributed by atoms with Crippen LogP contribution in [0.25, 0.3) is 0 Å². The smallest absolute Gasteiger partial charge is 0.190 e. The van der Waals surface area contributed by atoms with Gasteiger partial charge in [-0.1, -0.05) is 6.92 Å². The topological polar surface area (TPSA) is 173 Å². The van der Waals surface area contributed by atoms with Crippen molar-refractivity contribution in [1.29, 1.82) is 0 Å². The Bertz CT molecular complexity index is 1390. The highest BCUT2D eigenvalue weighted by Gasteiger charge is 2.30. The third-order valence-electron chi connectivity index (χ3n) is 6.48. The average Bonchev–Trinajstić information content (AvgIpc) is 2.87. The van der Waals surface area contributed by atoms with Gasteiger partial charge in [-0.2, -0.15) is 0 Å². The van der Waals surface area contributed by atoms with Crippen LogP contribution in [0.15, 0.2) is 36.4 Å². The molecule has 0 radical (unpaired) electrons. The number of fused-ring (bicyclic) bond motifs is 2. The molecule has 0 aliphatic heterocycles. The Morgan fingerprint density at radius 2 is 1.13 bits per heavy atom. The highest BCUT2D eigenvalue weighted by molar-refractivity contribution is 6.25. The first-order chi connectivity index (χ1) is 17.9. The number of aromatic hydroxyl groups is 4. The summed E-state index contributed by atoms with van der Waals surface area (Å²) in [6.45, 7) is 4.33. The lowest BCUT2D eigenvalue weighted by molar-refractivity contribution is 0.0989. The van der Waals surface area contributed by atoms with Crippen LogP contribution in [0.3, 0.4) is 0 Å². The minimum absolute atomic E-state index is 0.0632. The van der Waals surface area contributed by atoms with Crippen LogP contribution >= 0.6 is 0 Å². The Hall–Kier alpha value is -4.28. The maximum absolute atomic E-state index is 11.8. The van der Waals surface area contributed by atoms with Gasteiger partial charge in [0.1, 0.15) is 23.0 Å². The second-order valence-electron chi connectivity index (χ2n) is 9.21. The van der Waals surface area contributed by atoms with Gasteiger partial charge in [0, 0.05) is 18.2 Å². The van der Waals surface area contributed by atoms with Gasteiger partial charge in [0.25, 0.3) is 0 Å². The lowest BCUT2D eigenvalue weighted by atomic mass is 9.87. The minimum atomic E-state index is -0.477. The van der Waals surface area contributed by atoms with E-state index in [0.29, 0.717) is 24.1 Å². The number of hydrogen-bond donors (Lipinski definition) is 6. The SMILES string of the molecule is CNC(C)Cc1cc(O)c2c(c1O)C(=O)C=CC2=O.CNCC(C)c1cc(O)c2c(c1O)C(=O)C=CC2=O. The Kier molecular flexibility index (Phi) is 8.49. The molecule has 2 aromatic rings. The van der Waals surface area contributed by atoms with Crippen LogP contribution in [0.5, 0.6) is 23.0 Å². The third-order valence-corrected chi connectivity index (χ3v) is 6.48. The Labute approximate surface area is 219 Å². The van der Waals surface area contributed by atoms with E-state index in [2.05, 4.69) is 10.6 Å². The molecule has 2 aliphatic rings. The molecule has 0 fully saturated rings. The summed E-state index contributed by atoms with van der Waals surface area (Å²) in [6, 6.07) is 2.75. The second-order valence-corrected chi connectivity index (χ2v) is 9.21. The Morgan fingerprint density at radius 3 is 1.61 bits per heavy atom. The van der Waals surface area contributed by atoms with E-state index in [9.17, 15) is 39.6 Å². The molecule has 2 aromatic carbocycles. The quantitative estimate of drug-likeness (QED) is 0.310. The number of allylic oxidation sites excluding steroid dienone is 4. The van der Waals surface area contributed by atoms with Gasteiger partial charge in [-0.3, -0.25) is 19.2 Å². The molecule has 10 heteroatoms. The first-order valence-corrected chi connectivity index (χ1v) is 11.9. The molecule has 2 unspecified atom stereocenters. The van der Waals surface area contributed by atoms with E-state index < -0.39 is 23.1 Å². The van der Waals surface area contributed by atoms with E-state index in [1.54, 1.807) is 14.1 Å². The molecular formula is C28H30N2O8. The largest absolute Gasteiger partial charge is 0.507 e. The number of nitrogens with one attached hydrogen (secondary N) is 2. The average molecular weight is 523 g/mol.